The second kappa shape index (κ2) is 3.06. The van der Waals surface area contributed by atoms with E-state index < -0.39 is 5.60 Å². The maximum Gasteiger partial charge on any atom is 0.110 e. The maximum atomic E-state index is 10.8. The molecule has 0 radical (unpaired) electrons. The van der Waals surface area contributed by atoms with Gasteiger partial charge in [-0.05, 0) is 23.0 Å². The minimum Gasteiger partial charge on any atom is -0.383 e. The Balaban J connectivity index is 2.59. The van der Waals surface area contributed by atoms with E-state index in [1.165, 1.54) is 5.56 Å². The molecular weight excluding hydrogens is 186 g/mol. The van der Waals surface area contributed by atoms with Crippen molar-refractivity contribution in [3.8, 4) is 0 Å². The molecule has 0 aliphatic heterocycles. The molecule has 15 heavy (non-hydrogen) atoms. The standard InChI is InChI=1S/C13H19NO/c1-12(2,3)13(15)10-7-5-4-6-9(10)8-11(13)14/h4-7,11,15H,8,14H2,1-3H3/t11-,13+/m0/s1. The molecule has 2 atom stereocenters. The Morgan fingerprint density at radius 3 is 2.53 bits per heavy atom. The molecule has 2 rings (SSSR count). The molecule has 0 amide bonds. The third-order valence-corrected chi connectivity index (χ3v) is 3.55. The molecule has 0 spiro atoms. The highest BCUT2D eigenvalue weighted by Crippen LogP contribution is 2.47. The van der Waals surface area contributed by atoms with Gasteiger partial charge in [-0.15, -0.1) is 0 Å². The Hall–Kier alpha value is -0.860. The van der Waals surface area contributed by atoms with E-state index in [1.807, 2.05) is 39.0 Å². The third-order valence-electron chi connectivity index (χ3n) is 3.55. The first-order valence-corrected chi connectivity index (χ1v) is 5.43. The van der Waals surface area contributed by atoms with Crippen LogP contribution in [-0.4, -0.2) is 11.1 Å². The van der Waals surface area contributed by atoms with E-state index in [1.54, 1.807) is 0 Å². The summed E-state index contributed by atoms with van der Waals surface area (Å²) in [6.07, 6.45) is 0.768. The molecule has 1 aromatic carbocycles. The number of aliphatic hydroxyl groups is 1. The number of hydrogen-bond acceptors (Lipinski definition) is 2. The average molecular weight is 205 g/mol. The van der Waals surface area contributed by atoms with Gasteiger partial charge in [0.2, 0.25) is 0 Å². The van der Waals surface area contributed by atoms with Gasteiger partial charge in [0.25, 0.3) is 0 Å². The number of benzene rings is 1. The topological polar surface area (TPSA) is 46.2 Å². The van der Waals surface area contributed by atoms with Gasteiger partial charge in [0.05, 0.1) is 0 Å². The first-order chi connectivity index (χ1) is 6.87. The molecule has 82 valence electrons. The van der Waals surface area contributed by atoms with Crippen LogP contribution in [0.15, 0.2) is 24.3 Å². The van der Waals surface area contributed by atoms with Crippen molar-refractivity contribution >= 4 is 0 Å². The van der Waals surface area contributed by atoms with Crippen molar-refractivity contribution in [2.45, 2.75) is 38.8 Å². The lowest BCUT2D eigenvalue weighted by Crippen LogP contribution is -2.51. The van der Waals surface area contributed by atoms with Crippen molar-refractivity contribution < 1.29 is 5.11 Å². The van der Waals surface area contributed by atoms with Crippen molar-refractivity contribution in [3.63, 3.8) is 0 Å². The molecule has 0 saturated carbocycles. The Morgan fingerprint density at radius 1 is 1.33 bits per heavy atom. The minimum atomic E-state index is -0.899. The summed E-state index contributed by atoms with van der Waals surface area (Å²) in [6, 6.07) is 7.81. The van der Waals surface area contributed by atoms with Crippen LogP contribution in [0.1, 0.15) is 31.9 Å². The van der Waals surface area contributed by atoms with E-state index in [0.29, 0.717) is 0 Å². The van der Waals surface area contributed by atoms with E-state index in [-0.39, 0.29) is 11.5 Å². The van der Waals surface area contributed by atoms with Crippen LogP contribution in [0.2, 0.25) is 0 Å². The van der Waals surface area contributed by atoms with Crippen LogP contribution in [0.3, 0.4) is 0 Å². The van der Waals surface area contributed by atoms with Crippen LogP contribution in [0, 0.1) is 5.41 Å². The van der Waals surface area contributed by atoms with Crippen molar-refractivity contribution in [1.29, 1.82) is 0 Å². The molecule has 1 aliphatic carbocycles. The second-order valence-corrected chi connectivity index (χ2v) is 5.48. The van der Waals surface area contributed by atoms with Crippen molar-refractivity contribution in [2.24, 2.45) is 11.1 Å². The molecule has 1 aliphatic rings. The largest absolute Gasteiger partial charge is 0.383 e. The van der Waals surface area contributed by atoms with Gasteiger partial charge in [-0.2, -0.15) is 0 Å². The van der Waals surface area contributed by atoms with Gasteiger partial charge in [-0.1, -0.05) is 45.0 Å². The van der Waals surface area contributed by atoms with Crippen molar-refractivity contribution in [3.05, 3.63) is 35.4 Å². The zero-order valence-corrected chi connectivity index (χ0v) is 9.62. The van der Waals surface area contributed by atoms with Gasteiger partial charge >= 0.3 is 0 Å². The zero-order valence-electron chi connectivity index (χ0n) is 9.62. The van der Waals surface area contributed by atoms with Gasteiger partial charge in [0.1, 0.15) is 5.60 Å². The quantitative estimate of drug-likeness (QED) is 0.678. The van der Waals surface area contributed by atoms with Crippen molar-refractivity contribution in [1.82, 2.24) is 0 Å². The van der Waals surface area contributed by atoms with Crippen LogP contribution in [0.25, 0.3) is 0 Å². The summed E-state index contributed by atoms with van der Waals surface area (Å²) in [5.41, 5.74) is 7.15. The van der Waals surface area contributed by atoms with E-state index >= 15 is 0 Å². The third kappa shape index (κ3) is 1.32. The number of nitrogens with two attached hydrogens (primary N) is 1. The van der Waals surface area contributed by atoms with Gasteiger partial charge in [0, 0.05) is 6.04 Å². The van der Waals surface area contributed by atoms with Crippen LogP contribution < -0.4 is 5.73 Å². The maximum absolute atomic E-state index is 10.8. The van der Waals surface area contributed by atoms with E-state index in [4.69, 9.17) is 5.73 Å². The summed E-state index contributed by atoms with van der Waals surface area (Å²) in [7, 11) is 0. The smallest absolute Gasteiger partial charge is 0.110 e. The molecule has 0 fully saturated rings. The molecule has 0 unspecified atom stereocenters. The van der Waals surface area contributed by atoms with Crippen LogP contribution >= 0.6 is 0 Å². The van der Waals surface area contributed by atoms with E-state index in [2.05, 4.69) is 6.07 Å². The first kappa shape index (κ1) is 10.7. The highest BCUT2D eigenvalue weighted by Gasteiger charge is 2.51. The molecule has 0 heterocycles. The molecule has 0 bridgehead atoms. The predicted octanol–water partition coefficient (Wildman–Crippen LogP) is 1.80. The lowest BCUT2D eigenvalue weighted by atomic mass is 9.71. The van der Waals surface area contributed by atoms with E-state index in [0.717, 1.165) is 12.0 Å². The fraction of sp³-hybridized carbons (Fsp3) is 0.538. The van der Waals surface area contributed by atoms with Gasteiger partial charge < -0.3 is 10.8 Å². The first-order valence-electron chi connectivity index (χ1n) is 5.43. The zero-order chi connectivity index (χ0) is 11.3. The normalized spacial score (nSPS) is 30.3. The molecule has 0 aromatic heterocycles. The molecule has 1 aromatic rings. The average Bonchev–Trinajstić information content (AvgIpc) is 2.40. The number of fused-ring (bicyclic) bond motifs is 1. The van der Waals surface area contributed by atoms with Gasteiger partial charge in [0.15, 0.2) is 0 Å². The lowest BCUT2D eigenvalue weighted by Gasteiger charge is -2.41. The summed E-state index contributed by atoms with van der Waals surface area (Å²) in [5, 5.41) is 10.8. The van der Waals surface area contributed by atoms with Crippen LogP contribution in [-0.2, 0) is 12.0 Å². The summed E-state index contributed by atoms with van der Waals surface area (Å²) < 4.78 is 0. The number of hydrogen-bond donors (Lipinski definition) is 2. The van der Waals surface area contributed by atoms with Gasteiger partial charge in [-0.3, -0.25) is 0 Å². The minimum absolute atomic E-state index is 0.199. The summed E-state index contributed by atoms with van der Waals surface area (Å²) in [4.78, 5) is 0. The Kier molecular flexibility index (Phi) is 2.18. The van der Waals surface area contributed by atoms with Gasteiger partial charge in [-0.25, -0.2) is 0 Å². The second-order valence-electron chi connectivity index (χ2n) is 5.48. The monoisotopic (exact) mass is 205 g/mol. The Bertz CT molecular complexity index is 380. The highest BCUT2D eigenvalue weighted by molar-refractivity contribution is 5.41. The fourth-order valence-electron chi connectivity index (χ4n) is 2.61. The Morgan fingerprint density at radius 2 is 1.93 bits per heavy atom. The van der Waals surface area contributed by atoms with Crippen molar-refractivity contribution in [2.75, 3.05) is 0 Å². The molecule has 2 heteroatoms. The van der Waals surface area contributed by atoms with Crippen LogP contribution in [0.5, 0.6) is 0 Å². The molecular formula is C13H19NO. The summed E-state index contributed by atoms with van der Waals surface area (Å²) >= 11 is 0. The molecule has 3 N–H and O–H groups in total. The van der Waals surface area contributed by atoms with Crippen LogP contribution in [0.4, 0.5) is 0 Å². The van der Waals surface area contributed by atoms with E-state index in [9.17, 15) is 5.11 Å². The molecule has 2 nitrogen and oxygen atoms in total. The summed E-state index contributed by atoms with van der Waals surface area (Å²) in [6.45, 7) is 6.11. The lowest BCUT2D eigenvalue weighted by molar-refractivity contribution is -0.0755. The predicted molar refractivity (Wildman–Crippen MR) is 61.5 cm³/mol. The number of rotatable bonds is 0. The summed E-state index contributed by atoms with van der Waals surface area (Å²) in [5.74, 6) is 0. The fourth-order valence-corrected chi connectivity index (χ4v) is 2.61. The Labute approximate surface area is 91.1 Å². The molecule has 0 saturated heterocycles. The highest BCUT2D eigenvalue weighted by atomic mass is 16.3. The SMILES string of the molecule is CC(C)(C)[C@@]1(O)c2ccccc2C[C@@H]1N.